The molecular formula is C13H23F3N2O. The van der Waals surface area contributed by atoms with Gasteiger partial charge in [0.1, 0.15) is 0 Å². The van der Waals surface area contributed by atoms with E-state index >= 15 is 0 Å². The summed E-state index contributed by atoms with van der Waals surface area (Å²) in [6.07, 6.45) is -1.76. The van der Waals surface area contributed by atoms with E-state index in [0.29, 0.717) is 13.0 Å². The molecule has 0 aromatic rings. The highest BCUT2D eigenvalue weighted by atomic mass is 19.4. The molecule has 0 heterocycles. The van der Waals surface area contributed by atoms with Gasteiger partial charge in [-0.25, -0.2) is 0 Å². The number of hydrogen-bond donors (Lipinski definition) is 2. The van der Waals surface area contributed by atoms with Crippen LogP contribution in [0.3, 0.4) is 0 Å². The van der Waals surface area contributed by atoms with Crippen LogP contribution in [0.25, 0.3) is 0 Å². The molecule has 1 aliphatic carbocycles. The van der Waals surface area contributed by atoms with Crippen molar-refractivity contribution in [1.82, 2.24) is 5.32 Å². The fraction of sp³-hybridized carbons (Fsp3) is 0.923. The van der Waals surface area contributed by atoms with Gasteiger partial charge in [0, 0.05) is 24.9 Å². The van der Waals surface area contributed by atoms with Crippen molar-refractivity contribution in [3.05, 3.63) is 0 Å². The predicted octanol–water partition coefficient (Wildman–Crippen LogP) is 2.60. The lowest BCUT2D eigenvalue weighted by molar-refractivity contribution is -0.135. The lowest BCUT2D eigenvalue weighted by Crippen LogP contribution is -2.44. The van der Waals surface area contributed by atoms with Gasteiger partial charge in [0.25, 0.3) is 0 Å². The second-order valence-electron chi connectivity index (χ2n) is 5.42. The zero-order chi connectivity index (χ0) is 14.5. The summed E-state index contributed by atoms with van der Waals surface area (Å²) in [5.74, 6) is -0.00931. The summed E-state index contributed by atoms with van der Waals surface area (Å²) >= 11 is 0. The average molecular weight is 280 g/mol. The third kappa shape index (κ3) is 5.80. The van der Waals surface area contributed by atoms with Crippen LogP contribution in [0.5, 0.6) is 0 Å². The molecule has 0 bridgehead atoms. The van der Waals surface area contributed by atoms with Crippen molar-refractivity contribution >= 4 is 5.91 Å². The smallest absolute Gasteiger partial charge is 0.356 e. The van der Waals surface area contributed by atoms with Gasteiger partial charge in [-0.3, -0.25) is 4.79 Å². The Hall–Kier alpha value is -0.780. The summed E-state index contributed by atoms with van der Waals surface area (Å²) < 4.78 is 35.8. The van der Waals surface area contributed by atoms with Gasteiger partial charge >= 0.3 is 6.18 Å². The first-order valence-electron chi connectivity index (χ1n) is 6.91. The Morgan fingerprint density at radius 2 is 2.00 bits per heavy atom. The summed E-state index contributed by atoms with van der Waals surface area (Å²) in [7, 11) is 0. The van der Waals surface area contributed by atoms with Gasteiger partial charge in [-0.15, -0.1) is 0 Å². The SMILES string of the molecule is CC1C(N)CCCC1C(=O)NCCCCC(F)(F)F. The number of carbonyl (C=O) groups excluding carboxylic acids is 1. The van der Waals surface area contributed by atoms with Gasteiger partial charge in [0.2, 0.25) is 5.91 Å². The highest BCUT2D eigenvalue weighted by Crippen LogP contribution is 2.29. The third-order valence-corrected chi connectivity index (χ3v) is 3.89. The van der Waals surface area contributed by atoms with Crippen LogP contribution in [0.4, 0.5) is 13.2 Å². The van der Waals surface area contributed by atoms with Crippen molar-refractivity contribution in [3.8, 4) is 0 Å². The summed E-state index contributed by atoms with van der Waals surface area (Å²) in [6, 6.07) is 0.0507. The topological polar surface area (TPSA) is 55.1 Å². The molecule has 0 spiro atoms. The molecule has 0 saturated heterocycles. The van der Waals surface area contributed by atoms with Gasteiger partial charge in [-0.05, 0) is 31.6 Å². The second-order valence-corrected chi connectivity index (χ2v) is 5.42. The average Bonchev–Trinajstić information content (AvgIpc) is 2.30. The lowest BCUT2D eigenvalue weighted by Gasteiger charge is -2.32. The van der Waals surface area contributed by atoms with Crippen LogP contribution in [-0.2, 0) is 4.79 Å². The van der Waals surface area contributed by atoms with Crippen molar-refractivity contribution < 1.29 is 18.0 Å². The minimum Gasteiger partial charge on any atom is -0.356 e. The third-order valence-electron chi connectivity index (χ3n) is 3.89. The maximum absolute atomic E-state index is 11.9. The second kappa shape index (κ2) is 7.12. The van der Waals surface area contributed by atoms with E-state index < -0.39 is 12.6 Å². The van der Waals surface area contributed by atoms with Gasteiger partial charge in [-0.1, -0.05) is 13.3 Å². The molecule has 3 N–H and O–H groups in total. The van der Waals surface area contributed by atoms with E-state index in [4.69, 9.17) is 5.73 Å². The minimum atomic E-state index is -4.10. The Morgan fingerprint density at radius 3 is 2.63 bits per heavy atom. The summed E-state index contributed by atoms with van der Waals surface area (Å²) in [5, 5.41) is 2.73. The molecule has 1 amide bonds. The Kier molecular flexibility index (Phi) is 6.10. The predicted molar refractivity (Wildman–Crippen MR) is 67.4 cm³/mol. The van der Waals surface area contributed by atoms with Crippen molar-refractivity contribution in [2.75, 3.05) is 6.54 Å². The molecule has 0 aromatic heterocycles. The van der Waals surface area contributed by atoms with Crippen LogP contribution >= 0.6 is 0 Å². The van der Waals surface area contributed by atoms with Gasteiger partial charge in [0.15, 0.2) is 0 Å². The molecule has 6 heteroatoms. The Bertz CT molecular complexity index is 294. The van der Waals surface area contributed by atoms with E-state index in [2.05, 4.69) is 5.32 Å². The molecule has 1 rings (SSSR count). The van der Waals surface area contributed by atoms with Gasteiger partial charge < -0.3 is 11.1 Å². The van der Waals surface area contributed by atoms with Crippen molar-refractivity contribution in [3.63, 3.8) is 0 Å². The number of hydrogen-bond acceptors (Lipinski definition) is 2. The maximum atomic E-state index is 11.9. The maximum Gasteiger partial charge on any atom is 0.389 e. The van der Waals surface area contributed by atoms with E-state index in [-0.39, 0.29) is 30.2 Å². The standard InChI is InChI=1S/C13H23F3N2O/c1-9-10(5-4-6-11(9)17)12(19)18-8-3-2-7-13(14,15)16/h9-11H,2-8,17H2,1H3,(H,18,19). The first-order valence-corrected chi connectivity index (χ1v) is 6.91. The number of halogens is 3. The molecule has 1 fully saturated rings. The van der Waals surface area contributed by atoms with Crippen LogP contribution in [0.15, 0.2) is 0 Å². The van der Waals surface area contributed by atoms with E-state index in [9.17, 15) is 18.0 Å². The van der Waals surface area contributed by atoms with E-state index in [0.717, 1.165) is 19.3 Å². The summed E-state index contributed by atoms with van der Waals surface area (Å²) in [5.41, 5.74) is 5.93. The number of nitrogens with one attached hydrogen (secondary N) is 1. The molecule has 3 unspecified atom stereocenters. The molecule has 0 aromatic carbocycles. The van der Waals surface area contributed by atoms with Crippen LogP contribution in [-0.4, -0.2) is 24.7 Å². The fourth-order valence-electron chi connectivity index (χ4n) is 2.56. The Morgan fingerprint density at radius 1 is 1.32 bits per heavy atom. The number of rotatable bonds is 5. The number of carbonyl (C=O) groups is 1. The van der Waals surface area contributed by atoms with E-state index in [1.807, 2.05) is 6.92 Å². The molecule has 19 heavy (non-hydrogen) atoms. The van der Waals surface area contributed by atoms with E-state index in [1.165, 1.54) is 0 Å². The molecule has 0 radical (unpaired) electrons. The number of unbranched alkanes of at least 4 members (excludes halogenated alkanes) is 1. The Balaban J connectivity index is 2.20. The first-order chi connectivity index (χ1) is 8.81. The van der Waals surface area contributed by atoms with Crippen LogP contribution in [0, 0.1) is 11.8 Å². The molecule has 3 atom stereocenters. The molecule has 1 aliphatic rings. The molecule has 112 valence electrons. The van der Waals surface area contributed by atoms with Gasteiger partial charge in [-0.2, -0.15) is 13.2 Å². The molecule has 1 saturated carbocycles. The van der Waals surface area contributed by atoms with Crippen LogP contribution in [0.2, 0.25) is 0 Å². The number of amides is 1. The van der Waals surface area contributed by atoms with Crippen LogP contribution < -0.4 is 11.1 Å². The molecule has 3 nitrogen and oxygen atoms in total. The zero-order valence-electron chi connectivity index (χ0n) is 11.3. The van der Waals surface area contributed by atoms with Crippen molar-refractivity contribution in [2.45, 2.75) is 57.7 Å². The highest BCUT2D eigenvalue weighted by Gasteiger charge is 2.32. The monoisotopic (exact) mass is 280 g/mol. The van der Waals surface area contributed by atoms with Crippen molar-refractivity contribution in [1.29, 1.82) is 0 Å². The first kappa shape index (κ1) is 16.3. The Labute approximate surface area is 112 Å². The fourth-order valence-corrected chi connectivity index (χ4v) is 2.56. The largest absolute Gasteiger partial charge is 0.389 e. The lowest BCUT2D eigenvalue weighted by atomic mass is 9.77. The molecular weight excluding hydrogens is 257 g/mol. The zero-order valence-corrected chi connectivity index (χ0v) is 11.3. The normalized spacial score (nSPS) is 28.2. The minimum absolute atomic E-state index is 0.0507. The number of alkyl halides is 3. The van der Waals surface area contributed by atoms with Crippen LogP contribution in [0.1, 0.15) is 45.4 Å². The molecule has 0 aliphatic heterocycles. The number of nitrogens with two attached hydrogens (primary N) is 1. The van der Waals surface area contributed by atoms with E-state index in [1.54, 1.807) is 0 Å². The quantitative estimate of drug-likeness (QED) is 0.761. The summed E-state index contributed by atoms with van der Waals surface area (Å²) in [6.45, 7) is 2.28. The van der Waals surface area contributed by atoms with Crippen molar-refractivity contribution in [2.24, 2.45) is 17.6 Å². The summed E-state index contributed by atoms with van der Waals surface area (Å²) in [4.78, 5) is 11.9. The van der Waals surface area contributed by atoms with Gasteiger partial charge in [0.05, 0.1) is 0 Å². The highest BCUT2D eigenvalue weighted by molar-refractivity contribution is 5.79.